The predicted octanol–water partition coefficient (Wildman–Crippen LogP) is 4.38. The van der Waals surface area contributed by atoms with Gasteiger partial charge < -0.3 is 25.7 Å². The largest absolute Gasteiger partial charge is 0.465 e. The molecule has 7 heteroatoms. The molecule has 4 rings (SSSR count). The molecule has 4 N–H and O–H groups in total. The third-order valence-electron chi connectivity index (χ3n) is 7.95. The molecule has 0 aromatic heterocycles. The van der Waals surface area contributed by atoms with Crippen LogP contribution in [0.1, 0.15) is 48.3 Å². The molecular weight excluding hydrogens is 490 g/mol. The average molecular weight is 530 g/mol. The van der Waals surface area contributed by atoms with Gasteiger partial charge in [0.1, 0.15) is 6.04 Å². The van der Waals surface area contributed by atoms with Crippen LogP contribution < -0.4 is 10.6 Å². The Morgan fingerprint density at radius 1 is 0.872 bits per heavy atom. The Kier molecular flexibility index (Phi) is 10.1. The lowest BCUT2D eigenvalue weighted by molar-refractivity contribution is -0.124. The number of likely N-dealkylation sites (tertiary alicyclic amines) is 1. The second-order valence-corrected chi connectivity index (χ2v) is 10.3. The Morgan fingerprint density at radius 3 is 1.92 bits per heavy atom. The second kappa shape index (κ2) is 13.9. The monoisotopic (exact) mass is 529 g/mol. The summed E-state index contributed by atoms with van der Waals surface area (Å²) in [7, 11) is 0. The first-order valence-corrected chi connectivity index (χ1v) is 13.8. The Balaban J connectivity index is 1.48. The second-order valence-electron chi connectivity index (χ2n) is 10.3. The molecule has 1 fully saturated rings. The first kappa shape index (κ1) is 28.3. The number of nitrogens with zero attached hydrogens (tertiary/aromatic N) is 1. The average Bonchev–Trinajstić information content (AvgIpc) is 2.99. The summed E-state index contributed by atoms with van der Waals surface area (Å²) in [5.41, 5.74) is 3.10. The predicted molar refractivity (Wildman–Crippen MR) is 153 cm³/mol. The molecule has 1 aliphatic heterocycles. The van der Waals surface area contributed by atoms with Crippen LogP contribution in [0.25, 0.3) is 0 Å². The number of hydrogen-bond acceptors (Lipinski definition) is 4. The first-order chi connectivity index (χ1) is 19.0. The topological polar surface area (TPSA) is 102 Å². The lowest BCUT2D eigenvalue weighted by Crippen LogP contribution is -2.52. The molecule has 1 aliphatic rings. The molecule has 3 aromatic carbocycles. The van der Waals surface area contributed by atoms with E-state index in [4.69, 9.17) is 5.11 Å². The molecule has 3 aromatic rings. The number of benzene rings is 3. The number of amides is 2. The molecular formula is C32H39N3O4. The summed E-state index contributed by atoms with van der Waals surface area (Å²) in [6.07, 6.45) is 2.70. The molecule has 0 aliphatic carbocycles. The van der Waals surface area contributed by atoms with E-state index in [0.29, 0.717) is 5.92 Å². The van der Waals surface area contributed by atoms with Crippen LogP contribution in [-0.4, -0.2) is 65.9 Å². The highest BCUT2D eigenvalue weighted by molar-refractivity contribution is 5.85. The third kappa shape index (κ3) is 7.46. The first-order valence-electron chi connectivity index (χ1n) is 13.8. The number of aliphatic hydroxyl groups is 1. The fourth-order valence-electron chi connectivity index (χ4n) is 5.79. The molecule has 0 bridgehead atoms. The van der Waals surface area contributed by atoms with E-state index in [9.17, 15) is 14.7 Å². The van der Waals surface area contributed by atoms with Crippen molar-refractivity contribution in [3.05, 3.63) is 108 Å². The van der Waals surface area contributed by atoms with E-state index in [1.165, 1.54) is 5.56 Å². The standard InChI is InChI=1S/C32H39N3O4/c36-23-29(34-31(38)39)30(37)33-24-32(27-13-6-2-7-14-27,28-15-8-3-9-16-28)19-10-20-35-21-17-26(18-22-35)25-11-4-1-5-12-25/h1-9,11-16,26,29,34,36H,10,17-24H2,(H,33,37)(H,38,39)/t29-/m0/s1. The van der Waals surface area contributed by atoms with Crippen molar-refractivity contribution in [1.29, 1.82) is 0 Å². The minimum Gasteiger partial charge on any atom is -0.465 e. The van der Waals surface area contributed by atoms with E-state index in [1.807, 2.05) is 36.4 Å². The van der Waals surface area contributed by atoms with E-state index < -0.39 is 30.1 Å². The minimum atomic E-state index is -1.35. The maximum atomic E-state index is 12.9. The zero-order valence-corrected chi connectivity index (χ0v) is 22.3. The molecule has 1 heterocycles. The van der Waals surface area contributed by atoms with Gasteiger partial charge in [-0.2, -0.15) is 0 Å². The highest BCUT2D eigenvalue weighted by atomic mass is 16.4. The minimum absolute atomic E-state index is 0.285. The molecule has 1 saturated heterocycles. The van der Waals surface area contributed by atoms with Crippen molar-refractivity contribution in [2.24, 2.45) is 0 Å². The van der Waals surface area contributed by atoms with E-state index in [0.717, 1.165) is 56.4 Å². The Hall–Kier alpha value is -3.68. The lowest BCUT2D eigenvalue weighted by Gasteiger charge is -2.37. The fourth-order valence-corrected chi connectivity index (χ4v) is 5.79. The van der Waals surface area contributed by atoms with Gasteiger partial charge in [0.15, 0.2) is 0 Å². The number of carbonyl (C=O) groups excluding carboxylic acids is 1. The van der Waals surface area contributed by atoms with Crippen molar-refractivity contribution >= 4 is 12.0 Å². The van der Waals surface area contributed by atoms with Crippen molar-refractivity contribution in [2.45, 2.75) is 43.1 Å². The number of hydrogen-bond donors (Lipinski definition) is 4. The van der Waals surface area contributed by atoms with E-state index in [-0.39, 0.29) is 6.54 Å². The molecule has 39 heavy (non-hydrogen) atoms. The highest BCUT2D eigenvalue weighted by Gasteiger charge is 2.35. The smallest absolute Gasteiger partial charge is 0.405 e. The quantitative estimate of drug-likeness (QED) is 0.279. The summed E-state index contributed by atoms with van der Waals surface area (Å²) < 4.78 is 0. The maximum Gasteiger partial charge on any atom is 0.405 e. The molecule has 206 valence electrons. The van der Waals surface area contributed by atoms with Gasteiger partial charge in [-0.1, -0.05) is 91.0 Å². The van der Waals surface area contributed by atoms with Crippen LogP contribution in [0.5, 0.6) is 0 Å². The van der Waals surface area contributed by atoms with Gasteiger partial charge in [-0.3, -0.25) is 4.79 Å². The van der Waals surface area contributed by atoms with Gasteiger partial charge in [0.05, 0.1) is 6.61 Å². The van der Waals surface area contributed by atoms with Crippen LogP contribution in [0.2, 0.25) is 0 Å². The summed E-state index contributed by atoms with van der Waals surface area (Å²) in [5, 5.41) is 23.7. The van der Waals surface area contributed by atoms with Gasteiger partial charge in [-0.15, -0.1) is 0 Å². The molecule has 0 radical (unpaired) electrons. The van der Waals surface area contributed by atoms with Crippen LogP contribution >= 0.6 is 0 Å². The van der Waals surface area contributed by atoms with E-state index in [2.05, 4.69) is 70.1 Å². The number of piperidine rings is 1. The molecule has 0 unspecified atom stereocenters. The zero-order chi connectivity index (χ0) is 27.5. The Morgan fingerprint density at radius 2 is 1.41 bits per heavy atom. The third-order valence-corrected chi connectivity index (χ3v) is 7.95. The Labute approximate surface area is 230 Å². The summed E-state index contributed by atoms with van der Waals surface area (Å²) >= 11 is 0. The maximum absolute atomic E-state index is 12.9. The molecule has 7 nitrogen and oxygen atoms in total. The van der Waals surface area contributed by atoms with Crippen molar-refractivity contribution in [1.82, 2.24) is 15.5 Å². The van der Waals surface area contributed by atoms with Crippen LogP contribution in [-0.2, 0) is 10.2 Å². The fraction of sp³-hybridized carbons (Fsp3) is 0.375. The number of rotatable bonds is 12. The summed E-state index contributed by atoms with van der Waals surface area (Å²) in [4.78, 5) is 26.5. The van der Waals surface area contributed by atoms with Crippen molar-refractivity contribution in [3.8, 4) is 0 Å². The van der Waals surface area contributed by atoms with Gasteiger partial charge in [-0.05, 0) is 67.9 Å². The van der Waals surface area contributed by atoms with E-state index in [1.54, 1.807) is 0 Å². The Bertz CT molecular complexity index is 1130. The number of carboxylic acid groups (broad SMARTS) is 1. The van der Waals surface area contributed by atoms with Gasteiger partial charge in [0, 0.05) is 12.0 Å². The summed E-state index contributed by atoms with van der Waals surface area (Å²) in [6, 6.07) is 29.9. The number of aliphatic hydroxyl groups excluding tert-OH is 1. The van der Waals surface area contributed by atoms with Crippen molar-refractivity contribution < 1.29 is 19.8 Å². The molecule has 1 atom stereocenters. The van der Waals surface area contributed by atoms with Gasteiger partial charge in [0.25, 0.3) is 0 Å². The molecule has 0 spiro atoms. The number of carbonyl (C=O) groups is 2. The number of nitrogens with one attached hydrogen (secondary N) is 2. The van der Waals surface area contributed by atoms with Gasteiger partial charge in [0.2, 0.25) is 5.91 Å². The van der Waals surface area contributed by atoms with Crippen LogP contribution in [0.4, 0.5) is 4.79 Å². The highest BCUT2D eigenvalue weighted by Crippen LogP contribution is 2.37. The van der Waals surface area contributed by atoms with Crippen LogP contribution in [0, 0.1) is 0 Å². The van der Waals surface area contributed by atoms with Gasteiger partial charge >= 0.3 is 6.09 Å². The lowest BCUT2D eigenvalue weighted by atomic mass is 9.71. The molecule has 0 saturated carbocycles. The van der Waals surface area contributed by atoms with Crippen LogP contribution in [0.3, 0.4) is 0 Å². The molecule has 2 amide bonds. The van der Waals surface area contributed by atoms with Gasteiger partial charge in [-0.25, -0.2) is 4.79 Å². The summed E-state index contributed by atoms with van der Waals surface area (Å²) in [5.74, 6) is 0.0726. The van der Waals surface area contributed by atoms with Crippen LogP contribution in [0.15, 0.2) is 91.0 Å². The summed E-state index contributed by atoms with van der Waals surface area (Å²) in [6.45, 7) is 2.78. The zero-order valence-electron chi connectivity index (χ0n) is 22.3. The normalized spacial score (nSPS) is 15.4. The van der Waals surface area contributed by atoms with Crippen molar-refractivity contribution in [2.75, 3.05) is 32.8 Å². The SMILES string of the molecule is O=C(O)N[C@@H](CO)C(=O)NCC(CCCN1CCC(c2ccccc2)CC1)(c1ccccc1)c1ccccc1. The van der Waals surface area contributed by atoms with E-state index >= 15 is 0 Å². The van der Waals surface area contributed by atoms with Crippen molar-refractivity contribution in [3.63, 3.8) is 0 Å².